The molecule has 0 saturated heterocycles. The Kier molecular flexibility index (Phi) is 3.87. The number of methoxy groups -OCH3 is 1. The van der Waals surface area contributed by atoms with E-state index in [1.54, 1.807) is 14.0 Å². The first-order chi connectivity index (χ1) is 11.0. The number of benzene rings is 1. The quantitative estimate of drug-likeness (QED) is 0.794. The third-order valence-corrected chi connectivity index (χ3v) is 3.82. The Labute approximate surface area is 130 Å². The summed E-state index contributed by atoms with van der Waals surface area (Å²) < 4.78 is 20.9. The van der Waals surface area contributed by atoms with Gasteiger partial charge in [-0.25, -0.2) is 9.07 Å². The fourth-order valence-electron chi connectivity index (χ4n) is 2.64. The molecule has 0 aliphatic heterocycles. The number of H-pyrrole nitrogens is 1. The number of halogens is 1. The Morgan fingerprint density at radius 3 is 2.57 bits per heavy atom. The summed E-state index contributed by atoms with van der Waals surface area (Å²) in [6, 6.07) is 6.94. The number of aromatic amines is 1. The van der Waals surface area contributed by atoms with Crippen molar-refractivity contribution in [3.63, 3.8) is 0 Å². The molecule has 3 aromatic rings. The van der Waals surface area contributed by atoms with Crippen LogP contribution in [0.2, 0.25) is 0 Å². The molecule has 0 atom stereocenters. The Balaban J connectivity index is 2.23. The summed E-state index contributed by atoms with van der Waals surface area (Å²) in [5, 5.41) is 3.34. The minimum atomic E-state index is -0.381. The van der Waals surface area contributed by atoms with Gasteiger partial charge in [-0.1, -0.05) is 0 Å². The number of fused-ring (bicyclic) bond motifs is 1. The molecule has 6 nitrogen and oxygen atoms in total. The zero-order valence-corrected chi connectivity index (χ0v) is 12.8. The standard InChI is InChI=1S/C16H16FN3O3/c1-10-15-13(9-14(21)19(10)7-8-23-2)18-20(16(15)22)12-5-3-11(17)4-6-12/h3-6,9,18H,7-8H2,1-2H3. The maximum absolute atomic E-state index is 13.0. The van der Waals surface area contributed by atoms with E-state index in [1.807, 2.05) is 0 Å². The lowest BCUT2D eigenvalue weighted by Crippen LogP contribution is -2.25. The Hall–Kier alpha value is -2.67. The Bertz CT molecular complexity index is 967. The van der Waals surface area contributed by atoms with Crippen LogP contribution in [0.3, 0.4) is 0 Å². The van der Waals surface area contributed by atoms with Crippen LogP contribution < -0.4 is 11.1 Å². The second-order valence-corrected chi connectivity index (χ2v) is 5.23. The molecule has 0 aliphatic rings. The van der Waals surface area contributed by atoms with Gasteiger partial charge in [-0.05, 0) is 31.2 Å². The number of ether oxygens (including phenoxy) is 1. The Morgan fingerprint density at radius 1 is 1.22 bits per heavy atom. The van der Waals surface area contributed by atoms with Gasteiger partial charge in [-0.15, -0.1) is 0 Å². The van der Waals surface area contributed by atoms with Crippen LogP contribution in [0.25, 0.3) is 16.6 Å². The van der Waals surface area contributed by atoms with Crippen LogP contribution in [0.15, 0.2) is 39.9 Å². The van der Waals surface area contributed by atoms with E-state index in [0.29, 0.717) is 35.4 Å². The van der Waals surface area contributed by atoms with E-state index in [4.69, 9.17) is 4.74 Å². The highest BCUT2D eigenvalue weighted by Crippen LogP contribution is 2.13. The third-order valence-electron chi connectivity index (χ3n) is 3.82. The summed E-state index contributed by atoms with van der Waals surface area (Å²) in [4.78, 5) is 24.9. The average Bonchev–Trinajstić information content (AvgIpc) is 2.84. The predicted octanol–water partition coefficient (Wildman–Crippen LogP) is 1.57. The van der Waals surface area contributed by atoms with Crippen LogP contribution >= 0.6 is 0 Å². The Morgan fingerprint density at radius 2 is 1.91 bits per heavy atom. The van der Waals surface area contributed by atoms with Gasteiger partial charge in [-0.2, -0.15) is 0 Å². The summed E-state index contributed by atoms with van der Waals surface area (Å²) in [7, 11) is 1.55. The molecule has 23 heavy (non-hydrogen) atoms. The molecule has 0 bridgehead atoms. The number of hydrogen-bond acceptors (Lipinski definition) is 3. The molecule has 1 N–H and O–H groups in total. The summed E-state index contributed by atoms with van der Waals surface area (Å²) >= 11 is 0. The van der Waals surface area contributed by atoms with Crippen molar-refractivity contribution < 1.29 is 9.13 Å². The van der Waals surface area contributed by atoms with Crippen molar-refractivity contribution in [3.8, 4) is 5.69 Å². The molecule has 7 heteroatoms. The average molecular weight is 317 g/mol. The van der Waals surface area contributed by atoms with E-state index in [9.17, 15) is 14.0 Å². The highest BCUT2D eigenvalue weighted by Gasteiger charge is 2.15. The molecule has 0 fully saturated rings. The maximum atomic E-state index is 13.0. The number of hydrogen-bond donors (Lipinski definition) is 1. The number of aryl methyl sites for hydroxylation is 1. The minimum Gasteiger partial charge on any atom is -0.383 e. The molecule has 0 unspecified atom stereocenters. The van der Waals surface area contributed by atoms with Gasteiger partial charge >= 0.3 is 0 Å². The first-order valence-electron chi connectivity index (χ1n) is 7.13. The van der Waals surface area contributed by atoms with Crippen LogP contribution in [0.5, 0.6) is 0 Å². The van der Waals surface area contributed by atoms with Crippen molar-refractivity contribution in [2.75, 3.05) is 13.7 Å². The number of nitrogens with zero attached hydrogens (tertiary/aromatic N) is 2. The molecular weight excluding hydrogens is 301 g/mol. The lowest BCUT2D eigenvalue weighted by Gasteiger charge is -2.08. The predicted molar refractivity (Wildman–Crippen MR) is 84.7 cm³/mol. The van der Waals surface area contributed by atoms with Crippen molar-refractivity contribution in [2.45, 2.75) is 13.5 Å². The number of nitrogens with one attached hydrogen (secondary N) is 1. The zero-order valence-electron chi connectivity index (χ0n) is 12.8. The van der Waals surface area contributed by atoms with Crippen LogP contribution in [0, 0.1) is 12.7 Å². The second-order valence-electron chi connectivity index (χ2n) is 5.23. The van der Waals surface area contributed by atoms with E-state index in [-0.39, 0.29) is 16.9 Å². The van der Waals surface area contributed by atoms with E-state index < -0.39 is 0 Å². The van der Waals surface area contributed by atoms with Crippen LogP contribution in [-0.4, -0.2) is 28.1 Å². The molecular formula is C16H16FN3O3. The summed E-state index contributed by atoms with van der Waals surface area (Å²) in [5.74, 6) is -0.381. The highest BCUT2D eigenvalue weighted by atomic mass is 19.1. The summed E-state index contributed by atoms with van der Waals surface area (Å²) in [5.41, 5.74) is 1.04. The zero-order chi connectivity index (χ0) is 16.6. The monoisotopic (exact) mass is 317 g/mol. The van der Waals surface area contributed by atoms with Gasteiger partial charge in [-0.3, -0.25) is 14.7 Å². The highest BCUT2D eigenvalue weighted by molar-refractivity contribution is 5.80. The molecule has 0 aliphatic carbocycles. The van der Waals surface area contributed by atoms with Gasteiger partial charge in [0, 0.05) is 25.4 Å². The molecule has 2 heterocycles. The van der Waals surface area contributed by atoms with Gasteiger partial charge in [0.15, 0.2) is 0 Å². The fraction of sp³-hybridized carbons (Fsp3) is 0.250. The lowest BCUT2D eigenvalue weighted by atomic mass is 10.2. The van der Waals surface area contributed by atoms with Crippen molar-refractivity contribution >= 4 is 10.9 Å². The van der Waals surface area contributed by atoms with Crippen molar-refractivity contribution in [3.05, 3.63) is 62.6 Å². The first-order valence-corrected chi connectivity index (χ1v) is 7.13. The van der Waals surface area contributed by atoms with E-state index in [1.165, 1.54) is 39.6 Å². The third kappa shape index (κ3) is 2.59. The first kappa shape index (κ1) is 15.2. The maximum Gasteiger partial charge on any atom is 0.280 e. The van der Waals surface area contributed by atoms with Gasteiger partial charge in [0.05, 0.1) is 23.2 Å². The van der Waals surface area contributed by atoms with Crippen molar-refractivity contribution in [2.24, 2.45) is 0 Å². The van der Waals surface area contributed by atoms with Crippen LogP contribution in [0.1, 0.15) is 5.69 Å². The van der Waals surface area contributed by atoms with E-state index >= 15 is 0 Å². The second kappa shape index (κ2) is 5.85. The van der Waals surface area contributed by atoms with Gasteiger partial charge in [0.1, 0.15) is 5.82 Å². The van der Waals surface area contributed by atoms with Gasteiger partial charge in [0.2, 0.25) is 0 Å². The summed E-state index contributed by atoms with van der Waals surface area (Å²) in [6.07, 6.45) is 0. The molecule has 0 radical (unpaired) electrons. The number of pyridine rings is 1. The SMILES string of the molecule is COCCn1c(C)c2c(=O)n(-c3ccc(F)cc3)[nH]c2cc1=O. The molecule has 0 saturated carbocycles. The molecule has 2 aromatic heterocycles. The smallest absolute Gasteiger partial charge is 0.280 e. The molecule has 3 rings (SSSR count). The molecule has 120 valence electrons. The molecule has 0 spiro atoms. The fourth-order valence-corrected chi connectivity index (χ4v) is 2.64. The van der Waals surface area contributed by atoms with Gasteiger partial charge in [0.25, 0.3) is 11.1 Å². The largest absolute Gasteiger partial charge is 0.383 e. The summed E-state index contributed by atoms with van der Waals surface area (Å²) in [6.45, 7) is 2.48. The minimum absolute atomic E-state index is 0.209. The van der Waals surface area contributed by atoms with Crippen molar-refractivity contribution in [1.29, 1.82) is 0 Å². The number of aromatic nitrogens is 3. The van der Waals surface area contributed by atoms with Crippen molar-refractivity contribution in [1.82, 2.24) is 14.3 Å². The lowest BCUT2D eigenvalue weighted by molar-refractivity contribution is 0.185. The van der Waals surface area contributed by atoms with E-state index in [0.717, 1.165) is 0 Å². The topological polar surface area (TPSA) is 69.0 Å². The molecule has 0 amide bonds. The van der Waals surface area contributed by atoms with Crippen LogP contribution in [0.4, 0.5) is 4.39 Å². The van der Waals surface area contributed by atoms with Gasteiger partial charge < -0.3 is 9.30 Å². The number of rotatable bonds is 4. The normalized spacial score (nSPS) is 11.3. The molecule has 1 aromatic carbocycles. The van der Waals surface area contributed by atoms with E-state index in [2.05, 4.69) is 5.10 Å². The van der Waals surface area contributed by atoms with Crippen LogP contribution in [-0.2, 0) is 11.3 Å².